The van der Waals surface area contributed by atoms with Crippen LogP contribution in [0.4, 0.5) is 4.79 Å². The zero-order valence-corrected chi connectivity index (χ0v) is 20.2. The van der Waals surface area contributed by atoms with Crippen molar-refractivity contribution in [3.8, 4) is 0 Å². The summed E-state index contributed by atoms with van der Waals surface area (Å²) in [5, 5.41) is 14.3. The third kappa shape index (κ3) is 7.80. The SMILES string of the molecule is O=C(N[C@@H](c1ccccc1)[C@@H](O)CN(Cc1ccccc1)Cc1ccccc1)OCc1ccccc1. The van der Waals surface area contributed by atoms with Crippen molar-refractivity contribution in [3.05, 3.63) is 144 Å². The molecule has 0 spiro atoms. The van der Waals surface area contributed by atoms with E-state index in [9.17, 15) is 9.90 Å². The zero-order valence-electron chi connectivity index (χ0n) is 20.2. The fourth-order valence-electron chi connectivity index (χ4n) is 4.19. The summed E-state index contributed by atoms with van der Waals surface area (Å²) >= 11 is 0. The molecule has 2 atom stereocenters. The molecule has 0 bridgehead atoms. The summed E-state index contributed by atoms with van der Waals surface area (Å²) in [5.74, 6) is 0. The van der Waals surface area contributed by atoms with Gasteiger partial charge in [0.1, 0.15) is 6.61 Å². The van der Waals surface area contributed by atoms with E-state index in [-0.39, 0.29) is 6.61 Å². The van der Waals surface area contributed by atoms with Gasteiger partial charge in [0, 0.05) is 19.6 Å². The van der Waals surface area contributed by atoms with Crippen molar-refractivity contribution in [1.82, 2.24) is 10.2 Å². The first-order valence-corrected chi connectivity index (χ1v) is 12.2. The van der Waals surface area contributed by atoms with Crippen molar-refractivity contribution in [2.24, 2.45) is 0 Å². The van der Waals surface area contributed by atoms with Gasteiger partial charge in [0.05, 0.1) is 12.1 Å². The first-order chi connectivity index (χ1) is 17.7. The number of hydrogen-bond donors (Lipinski definition) is 2. The van der Waals surface area contributed by atoms with Crippen LogP contribution in [0.1, 0.15) is 28.3 Å². The molecule has 0 saturated heterocycles. The second-order valence-corrected chi connectivity index (χ2v) is 8.80. The molecule has 0 fully saturated rings. The Balaban J connectivity index is 1.48. The summed E-state index contributed by atoms with van der Waals surface area (Å²) in [6, 6.07) is 38.8. The van der Waals surface area contributed by atoms with Crippen LogP contribution < -0.4 is 5.32 Å². The van der Waals surface area contributed by atoms with Gasteiger partial charge in [-0.2, -0.15) is 0 Å². The Labute approximate surface area is 213 Å². The summed E-state index contributed by atoms with van der Waals surface area (Å²) in [4.78, 5) is 14.9. The number of nitrogens with zero attached hydrogens (tertiary/aromatic N) is 1. The number of benzene rings is 4. The second-order valence-electron chi connectivity index (χ2n) is 8.80. The third-order valence-corrected chi connectivity index (χ3v) is 5.97. The lowest BCUT2D eigenvalue weighted by molar-refractivity contribution is 0.0656. The fourth-order valence-corrected chi connectivity index (χ4v) is 4.19. The van der Waals surface area contributed by atoms with E-state index < -0.39 is 18.2 Å². The maximum absolute atomic E-state index is 12.7. The summed E-state index contributed by atoms with van der Waals surface area (Å²) in [6.07, 6.45) is -1.42. The van der Waals surface area contributed by atoms with E-state index in [1.54, 1.807) is 0 Å². The molecule has 184 valence electrons. The Morgan fingerprint density at radius 2 is 1.14 bits per heavy atom. The van der Waals surface area contributed by atoms with Gasteiger partial charge in [-0.1, -0.05) is 121 Å². The molecule has 0 heterocycles. The maximum Gasteiger partial charge on any atom is 0.408 e. The fraction of sp³-hybridized carbons (Fsp3) is 0.194. The third-order valence-electron chi connectivity index (χ3n) is 5.97. The Morgan fingerprint density at radius 3 is 1.64 bits per heavy atom. The van der Waals surface area contributed by atoms with E-state index in [1.807, 2.05) is 97.1 Å². The van der Waals surface area contributed by atoms with Gasteiger partial charge >= 0.3 is 6.09 Å². The number of nitrogens with one attached hydrogen (secondary N) is 1. The molecule has 0 aliphatic rings. The zero-order chi connectivity index (χ0) is 25.0. The minimum absolute atomic E-state index is 0.165. The largest absolute Gasteiger partial charge is 0.445 e. The number of aliphatic hydroxyl groups is 1. The second kappa shape index (κ2) is 13.2. The van der Waals surface area contributed by atoms with Crippen LogP contribution in [0.15, 0.2) is 121 Å². The molecular formula is C31H32N2O3. The van der Waals surface area contributed by atoms with E-state index in [0.717, 1.165) is 22.3 Å². The number of aliphatic hydroxyl groups excluding tert-OH is 1. The standard InChI is InChI=1S/C31H32N2O3/c34-29(23-33(21-25-13-5-1-6-14-25)22-26-15-7-2-8-16-26)30(28-19-11-4-12-20-28)32-31(35)36-24-27-17-9-3-10-18-27/h1-20,29-30,34H,21-24H2,(H,32,35)/t29-,30-/m0/s1. The Hall–Kier alpha value is -3.93. The van der Waals surface area contributed by atoms with Gasteiger partial charge in [0.2, 0.25) is 0 Å². The number of carbonyl (C=O) groups is 1. The van der Waals surface area contributed by atoms with Crippen molar-refractivity contribution < 1.29 is 14.6 Å². The highest BCUT2D eigenvalue weighted by Gasteiger charge is 2.26. The van der Waals surface area contributed by atoms with E-state index >= 15 is 0 Å². The molecule has 1 amide bonds. The molecule has 0 saturated carbocycles. The summed E-state index contributed by atoms with van der Waals surface area (Å²) in [7, 11) is 0. The van der Waals surface area contributed by atoms with Crippen molar-refractivity contribution >= 4 is 6.09 Å². The first-order valence-electron chi connectivity index (χ1n) is 12.2. The van der Waals surface area contributed by atoms with Gasteiger partial charge in [-0.05, 0) is 22.3 Å². The highest BCUT2D eigenvalue weighted by molar-refractivity contribution is 5.68. The monoisotopic (exact) mass is 480 g/mol. The van der Waals surface area contributed by atoms with Crippen LogP contribution >= 0.6 is 0 Å². The van der Waals surface area contributed by atoms with Gasteiger partial charge in [-0.25, -0.2) is 4.79 Å². The maximum atomic E-state index is 12.7. The van der Waals surface area contributed by atoms with Gasteiger partial charge in [-0.15, -0.1) is 0 Å². The van der Waals surface area contributed by atoms with Gasteiger partial charge in [0.15, 0.2) is 0 Å². The highest BCUT2D eigenvalue weighted by atomic mass is 16.5. The molecule has 0 aliphatic carbocycles. The first kappa shape index (κ1) is 25.2. The molecule has 2 N–H and O–H groups in total. The van der Waals surface area contributed by atoms with Crippen LogP contribution in [-0.4, -0.2) is 28.7 Å². The predicted octanol–water partition coefficient (Wildman–Crippen LogP) is 5.72. The number of carbonyl (C=O) groups excluding carboxylic acids is 1. The average Bonchev–Trinajstić information content (AvgIpc) is 2.92. The quantitative estimate of drug-likeness (QED) is 0.288. The number of amides is 1. The molecule has 36 heavy (non-hydrogen) atoms. The van der Waals surface area contributed by atoms with Crippen molar-refractivity contribution in [2.75, 3.05) is 6.54 Å². The molecular weight excluding hydrogens is 448 g/mol. The topological polar surface area (TPSA) is 61.8 Å². The highest BCUT2D eigenvalue weighted by Crippen LogP contribution is 2.20. The Kier molecular flexibility index (Phi) is 9.26. The van der Waals surface area contributed by atoms with Crippen molar-refractivity contribution in [3.63, 3.8) is 0 Å². The van der Waals surface area contributed by atoms with E-state index in [4.69, 9.17) is 4.74 Å². The number of hydrogen-bond acceptors (Lipinski definition) is 4. The van der Waals surface area contributed by atoms with Crippen molar-refractivity contribution in [2.45, 2.75) is 31.8 Å². The van der Waals surface area contributed by atoms with Crippen LogP contribution in [0.5, 0.6) is 0 Å². The molecule has 4 rings (SSSR count). The van der Waals surface area contributed by atoms with Crippen LogP contribution in [0.2, 0.25) is 0 Å². The predicted molar refractivity (Wildman–Crippen MR) is 142 cm³/mol. The Morgan fingerprint density at radius 1 is 0.694 bits per heavy atom. The Bertz CT molecular complexity index is 1130. The molecule has 0 radical (unpaired) electrons. The van der Waals surface area contributed by atoms with E-state index in [1.165, 1.54) is 0 Å². The minimum atomic E-state index is -0.857. The van der Waals surface area contributed by atoms with E-state index in [0.29, 0.717) is 19.6 Å². The molecule has 4 aromatic carbocycles. The molecule has 4 aromatic rings. The van der Waals surface area contributed by atoms with Gasteiger partial charge < -0.3 is 15.2 Å². The lowest BCUT2D eigenvalue weighted by Gasteiger charge is -2.30. The van der Waals surface area contributed by atoms with Gasteiger partial charge in [-0.3, -0.25) is 4.90 Å². The molecule has 0 unspecified atom stereocenters. The number of ether oxygens (including phenoxy) is 1. The van der Waals surface area contributed by atoms with Crippen LogP contribution in [-0.2, 0) is 24.4 Å². The minimum Gasteiger partial charge on any atom is -0.445 e. The lowest BCUT2D eigenvalue weighted by Crippen LogP contribution is -2.42. The van der Waals surface area contributed by atoms with Gasteiger partial charge in [0.25, 0.3) is 0 Å². The normalized spacial score (nSPS) is 12.6. The summed E-state index contributed by atoms with van der Waals surface area (Å²) in [6.45, 7) is 1.88. The lowest BCUT2D eigenvalue weighted by atomic mass is 10.0. The van der Waals surface area contributed by atoms with Crippen LogP contribution in [0.25, 0.3) is 0 Å². The summed E-state index contributed by atoms with van der Waals surface area (Å²) in [5.41, 5.74) is 4.04. The molecule has 5 nitrogen and oxygen atoms in total. The summed E-state index contributed by atoms with van der Waals surface area (Å²) < 4.78 is 5.45. The molecule has 0 aromatic heterocycles. The molecule has 5 heteroatoms. The van der Waals surface area contributed by atoms with E-state index in [2.05, 4.69) is 34.5 Å². The average molecular weight is 481 g/mol. The van der Waals surface area contributed by atoms with Crippen LogP contribution in [0, 0.1) is 0 Å². The molecule has 0 aliphatic heterocycles. The number of alkyl carbamates (subject to hydrolysis) is 1. The smallest absolute Gasteiger partial charge is 0.408 e. The van der Waals surface area contributed by atoms with Crippen molar-refractivity contribution in [1.29, 1.82) is 0 Å². The van der Waals surface area contributed by atoms with Crippen LogP contribution in [0.3, 0.4) is 0 Å². The number of rotatable bonds is 11.